The molecule has 0 radical (unpaired) electrons. The molecule has 0 bridgehead atoms. The zero-order valence-corrected chi connectivity index (χ0v) is 15.4. The maximum absolute atomic E-state index is 6.42. The zero-order valence-electron chi connectivity index (χ0n) is 13.0. The molecule has 0 heterocycles. The minimum Gasteiger partial charge on any atom is -0.310 e. The molecule has 0 spiro atoms. The van der Waals surface area contributed by atoms with Crippen molar-refractivity contribution in [1.29, 1.82) is 0 Å². The number of halogens is 2. The van der Waals surface area contributed by atoms with Gasteiger partial charge in [-0.2, -0.15) is 0 Å². The molecule has 1 atom stereocenters. The summed E-state index contributed by atoms with van der Waals surface area (Å²) >= 11 is 9.90. The Balaban J connectivity index is 1.96. The highest BCUT2D eigenvalue weighted by atomic mass is 79.9. The van der Waals surface area contributed by atoms with Crippen LogP contribution in [0.3, 0.4) is 0 Å². The second-order valence-electron chi connectivity index (χ2n) is 5.90. The van der Waals surface area contributed by atoms with Gasteiger partial charge in [0.25, 0.3) is 0 Å². The van der Waals surface area contributed by atoms with Crippen molar-refractivity contribution in [3.05, 3.63) is 33.3 Å². The van der Waals surface area contributed by atoms with Gasteiger partial charge < -0.3 is 10.2 Å². The summed E-state index contributed by atoms with van der Waals surface area (Å²) in [7, 11) is 0. The monoisotopic (exact) mass is 372 g/mol. The van der Waals surface area contributed by atoms with Crippen LogP contribution in [0, 0.1) is 5.92 Å². The molecule has 0 saturated heterocycles. The van der Waals surface area contributed by atoms with Gasteiger partial charge in [0.15, 0.2) is 0 Å². The Morgan fingerprint density at radius 2 is 2.14 bits per heavy atom. The molecule has 1 unspecified atom stereocenters. The van der Waals surface area contributed by atoms with E-state index in [1.807, 2.05) is 6.07 Å². The highest BCUT2D eigenvalue weighted by Gasteiger charge is 2.24. The van der Waals surface area contributed by atoms with Crippen LogP contribution in [0.25, 0.3) is 0 Å². The summed E-state index contributed by atoms with van der Waals surface area (Å²) in [5.41, 5.74) is 1.21. The molecule has 0 aromatic heterocycles. The van der Waals surface area contributed by atoms with E-state index in [-0.39, 0.29) is 0 Å². The third-order valence-corrected chi connectivity index (χ3v) is 5.00. The molecular formula is C17H26BrClN2. The summed E-state index contributed by atoms with van der Waals surface area (Å²) in [5.74, 6) is 0.957. The summed E-state index contributed by atoms with van der Waals surface area (Å²) < 4.78 is 1.04. The minimum atomic E-state index is 0.337. The van der Waals surface area contributed by atoms with Crippen molar-refractivity contribution < 1.29 is 0 Å². The van der Waals surface area contributed by atoms with Crippen molar-refractivity contribution in [2.45, 2.75) is 39.2 Å². The van der Waals surface area contributed by atoms with E-state index in [0.717, 1.165) is 41.5 Å². The third-order valence-electron chi connectivity index (χ3n) is 4.18. The van der Waals surface area contributed by atoms with E-state index >= 15 is 0 Å². The van der Waals surface area contributed by atoms with Gasteiger partial charge in [0, 0.05) is 22.1 Å². The second kappa shape index (κ2) is 8.52. The van der Waals surface area contributed by atoms with E-state index in [0.29, 0.717) is 6.04 Å². The molecule has 2 nitrogen and oxygen atoms in total. The van der Waals surface area contributed by atoms with Crippen molar-refractivity contribution in [3.8, 4) is 0 Å². The van der Waals surface area contributed by atoms with Crippen LogP contribution in [0.2, 0.25) is 5.02 Å². The van der Waals surface area contributed by atoms with Gasteiger partial charge in [-0.3, -0.25) is 0 Å². The second-order valence-corrected chi connectivity index (χ2v) is 7.22. The third kappa shape index (κ3) is 5.55. The number of nitrogens with zero attached hydrogens (tertiary/aromatic N) is 1. The summed E-state index contributed by atoms with van der Waals surface area (Å²) in [6.45, 7) is 8.93. The van der Waals surface area contributed by atoms with E-state index in [2.05, 4.69) is 52.1 Å². The van der Waals surface area contributed by atoms with Crippen LogP contribution in [0.1, 0.15) is 44.7 Å². The van der Waals surface area contributed by atoms with Crippen LogP contribution >= 0.6 is 27.5 Å². The van der Waals surface area contributed by atoms with Gasteiger partial charge in [0.1, 0.15) is 0 Å². The molecule has 1 aliphatic carbocycles. The smallest absolute Gasteiger partial charge is 0.0465 e. The lowest BCUT2D eigenvalue weighted by Crippen LogP contribution is -2.31. The Morgan fingerprint density at radius 3 is 2.71 bits per heavy atom. The lowest BCUT2D eigenvalue weighted by atomic mass is 10.0. The quantitative estimate of drug-likeness (QED) is 0.664. The van der Waals surface area contributed by atoms with Crippen LogP contribution in [0.15, 0.2) is 22.7 Å². The van der Waals surface area contributed by atoms with E-state index in [4.69, 9.17) is 11.6 Å². The Hall–Kier alpha value is -0.0900. The van der Waals surface area contributed by atoms with Gasteiger partial charge in [-0.25, -0.2) is 0 Å². The Bertz CT molecular complexity index is 448. The molecule has 0 aliphatic heterocycles. The Morgan fingerprint density at radius 1 is 1.38 bits per heavy atom. The highest BCUT2D eigenvalue weighted by Crippen LogP contribution is 2.31. The predicted octanol–water partition coefficient (Wildman–Crippen LogP) is 4.88. The van der Waals surface area contributed by atoms with Gasteiger partial charge in [-0.1, -0.05) is 47.4 Å². The van der Waals surface area contributed by atoms with Gasteiger partial charge in [-0.05, 0) is 62.5 Å². The summed E-state index contributed by atoms with van der Waals surface area (Å²) in [4.78, 5) is 2.58. The lowest BCUT2D eigenvalue weighted by molar-refractivity contribution is 0.259. The molecule has 1 fully saturated rings. The van der Waals surface area contributed by atoms with Crippen molar-refractivity contribution in [2.75, 3.05) is 26.2 Å². The van der Waals surface area contributed by atoms with Crippen LogP contribution in [-0.2, 0) is 0 Å². The highest BCUT2D eigenvalue weighted by molar-refractivity contribution is 9.10. The molecule has 118 valence electrons. The average molecular weight is 374 g/mol. The maximum atomic E-state index is 6.42. The topological polar surface area (TPSA) is 15.3 Å². The first-order valence-corrected chi connectivity index (χ1v) is 9.21. The number of rotatable bonds is 9. The Labute approximate surface area is 142 Å². The molecule has 2 rings (SSSR count). The van der Waals surface area contributed by atoms with Crippen molar-refractivity contribution in [3.63, 3.8) is 0 Å². The molecular weight excluding hydrogens is 348 g/mol. The lowest BCUT2D eigenvalue weighted by Gasteiger charge is -2.25. The van der Waals surface area contributed by atoms with Gasteiger partial charge in [0.05, 0.1) is 0 Å². The zero-order chi connectivity index (χ0) is 15.2. The molecule has 1 aromatic rings. The summed E-state index contributed by atoms with van der Waals surface area (Å²) in [6, 6.07) is 6.54. The average Bonchev–Trinajstić information content (AvgIpc) is 3.26. The van der Waals surface area contributed by atoms with Crippen molar-refractivity contribution in [1.82, 2.24) is 10.2 Å². The fourth-order valence-corrected chi connectivity index (χ4v) is 3.56. The number of hydrogen-bond donors (Lipinski definition) is 1. The molecule has 4 heteroatoms. The molecule has 21 heavy (non-hydrogen) atoms. The predicted molar refractivity (Wildman–Crippen MR) is 95.0 cm³/mol. The fraction of sp³-hybridized carbons (Fsp3) is 0.647. The van der Waals surface area contributed by atoms with Crippen molar-refractivity contribution in [2.24, 2.45) is 5.92 Å². The fourth-order valence-electron chi connectivity index (χ4n) is 2.75. The van der Waals surface area contributed by atoms with E-state index in [1.165, 1.54) is 24.9 Å². The van der Waals surface area contributed by atoms with Gasteiger partial charge in [-0.15, -0.1) is 0 Å². The number of benzene rings is 1. The van der Waals surface area contributed by atoms with Gasteiger partial charge in [0.2, 0.25) is 0 Å². The first-order valence-electron chi connectivity index (χ1n) is 8.04. The maximum Gasteiger partial charge on any atom is 0.0465 e. The standard InChI is InChI=1S/C17H26BrClN2/c1-3-20-17(15-8-7-14(18)11-16(15)19)9-10-21(4-2)12-13-5-6-13/h7-8,11,13,17,20H,3-6,9-10,12H2,1-2H3. The largest absolute Gasteiger partial charge is 0.310 e. The number of nitrogens with one attached hydrogen (secondary N) is 1. The molecule has 1 N–H and O–H groups in total. The Kier molecular flexibility index (Phi) is 7.00. The van der Waals surface area contributed by atoms with Crippen LogP contribution in [-0.4, -0.2) is 31.1 Å². The van der Waals surface area contributed by atoms with Gasteiger partial charge >= 0.3 is 0 Å². The van der Waals surface area contributed by atoms with E-state index < -0.39 is 0 Å². The summed E-state index contributed by atoms with van der Waals surface area (Å²) in [5, 5.41) is 4.43. The van der Waals surface area contributed by atoms with Crippen LogP contribution in [0.5, 0.6) is 0 Å². The van der Waals surface area contributed by atoms with Crippen LogP contribution in [0.4, 0.5) is 0 Å². The molecule has 0 amide bonds. The first kappa shape index (κ1) is 17.3. The SMILES string of the molecule is CCNC(CCN(CC)CC1CC1)c1ccc(Br)cc1Cl. The van der Waals surface area contributed by atoms with Crippen molar-refractivity contribution >= 4 is 27.5 Å². The number of hydrogen-bond acceptors (Lipinski definition) is 2. The minimum absolute atomic E-state index is 0.337. The van der Waals surface area contributed by atoms with Crippen LogP contribution < -0.4 is 5.32 Å². The normalized spacial score (nSPS) is 16.4. The molecule has 1 aromatic carbocycles. The summed E-state index contributed by atoms with van der Waals surface area (Å²) in [6.07, 6.45) is 3.95. The van der Waals surface area contributed by atoms with E-state index in [1.54, 1.807) is 0 Å². The van der Waals surface area contributed by atoms with E-state index in [9.17, 15) is 0 Å². The molecule has 1 aliphatic rings. The molecule has 1 saturated carbocycles. The first-order chi connectivity index (χ1) is 10.1.